The van der Waals surface area contributed by atoms with E-state index in [1.54, 1.807) is 11.9 Å². The lowest BCUT2D eigenvalue weighted by Crippen LogP contribution is -2.40. The first-order chi connectivity index (χ1) is 8.49. The Morgan fingerprint density at radius 3 is 2.28 bits per heavy atom. The monoisotopic (exact) mass is 256 g/mol. The largest absolute Gasteiger partial charge is 0.480 e. The van der Waals surface area contributed by atoms with E-state index in [9.17, 15) is 9.59 Å². The van der Waals surface area contributed by atoms with E-state index in [1.807, 2.05) is 7.05 Å². The van der Waals surface area contributed by atoms with Gasteiger partial charge < -0.3 is 10.0 Å². The Balaban J connectivity index is 2.29. The van der Waals surface area contributed by atoms with Crippen LogP contribution in [0.15, 0.2) is 0 Å². The lowest BCUT2D eigenvalue weighted by atomic mass is 9.89. The van der Waals surface area contributed by atoms with Crippen LogP contribution in [0.4, 0.5) is 0 Å². The van der Waals surface area contributed by atoms with Crippen molar-refractivity contribution in [3.05, 3.63) is 0 Å². The van der Waals surface area contributed by atoms with Gasteiger partial charge in [0.2, 0.25) is 5.91 Å². The third kappa shape index (κ3) is 5.49. The second-order valence-electron chi connectivity index (χ2n) is 5.34. The zero-order chi connectivity index (χ0) is 13.5. The van der Waals surface area contributed by atoms with Crippen molar-refractivity contribution in [3.8, 4) is 0 Å². The van der Waals surface area contributed by atoms with Gasteiger partial charge in [-0.05, 0) is 25.8 Å². The Morgan fingerprint density at radius 2 is 1.72 bits per heavy atom. The smallest absolute Gasteiger partial charge is 0.317 e. The standard InChI is InChI=1S/C13H24N2O3/c1-14(10-13(17)18)9-12(16)15(2)8-11-6-4-3-5-7-11/h11H,3-10H2,1-2H3,(H,17,18). The van der Waals surface area contributed by atoms with Crippen LogP contribution in [0.25, 0.3) is 0 Å². The molecule has 1 aliphatic rings. The third-order valence-electron chi connectivity index (χ3n) is 3.49. The maximum Gasteiger partial charge on any atom is 0.317 e. The maximum absolute atomic E-state index is 11.9. The SMILES string of the molecule is CN(CC(=O)O)CC(=O)N(C)CC1CCCCC1. The number of amides is 1. The fourth-order valence-electron chi connectivity index (χ4n) is 2.50. The molecule has 0 radical (unpaired) electrons. The van der Waals surface area contributed by atoms with Crippen LogP contribution in [0.2, 0.25) is 0 Å². The first kappa shape index (κ1) is 15.0. The predicted molar refractivity (Wildman–Crippen MR) is 69.3 cm³/mol. The van der Waals surface area contributed by atoms with Gasteiger partial charge in [0.05, 0.1) is 13.1 Å². The molecule has 1 saturated carbocycles. The molecule has 1 rings (SSSR count). The summed E-state index contributed by atoms with van der Waals surface area (Å²) in [4.78, 5) is 25.7. The number of hydrogen-bond acceptors (Lipinski definition) is 3. The Labute approximate surface area is 109 Å². The van der Waals surface area contributed by atoms with Crippen LogP contribution in [-0.2, 0) is 9.59 Å². The summed E-state index contributed by atoms with van der Waals surface area (Å²) in [6.07, 6.45) is 6.28. The van der Waals surface area contributed by atoms with E-state index in [2.05, 4.69) is 0 Å². The summed E-state index contributed by atoms with van der Waals surface area (Å²) in [7, 11) is 3.46. The molecule has 5 nitrogen and oxygen atoms in total. The van der Waals surface area contributed by atoms with Gasteiger partial charge in [0.25, 0.3) is 0 Å². The summed E-state index contributed by atoms with van der Waals surface area (Å²) in [5.74, 6) is -0.276. The van der Waals surface area contributed by atoms with Crippen LogP contribution in [-0.4, -0.2) is 60.5 Å². The fraction of sp³-hybridized carbons (Fsp3) is 0.846. The van der Waals surface area contributed by atoms with Crippen molar-refractivity contribution in [2.24, 2.45) is 5.92 Å². The molecular weight excluding hydrogens is 232 g/mol. The number of carbonyl (C=O) groups is 2. The molecule has 18 heavy (non-hydrogen) atoms. The van der Waals surface area contributed by atoms with Crippen molar-refractivity contribution in [1.29, 1.82) is 0 Å². The lowest BCUT2D eigenvalue weighted by Gasteiger charge is -2.28. The zero-order valence-electron chi connectivity index (χ0n) is 11.4. The minimum atomic E-state index is -0.903. The second-order valence-corrected chi connectivity index (χ2v) is 5.34. The average molecular weight is 256 g/mol. The number of aliphatic carboxylic acids is 1. The molecule has 0 bridgehead atoms. The van der Waals surface area contributed by atoms with Gasteiger partial charge in [-0.2, -0.15) is 0 Å². The summed E-state index contributed by atoms with van der Waals surface area (Å²) < 4.78 is 0. The topological polar surface area (TPSA) is 60.9 Å². The number of carboxylic acids is 1. The first-order valence-electron chi connectivity index (χ1n) is 6.63. The van der Waals surface area contributed by atoms with Crippen LogP contribution in [0.1, 0.15) is 32.1 Å². The summed E-state index contributed by atoms with van der Waals surface area (Å²) in [6.45, 7) is 0.887. The van der Waals surface area contributed by atoms with Gasteiger partial charge in [-0.1, -0.05) is 19.3 Å². The highest BCUT2D eigenvalue weighted by molar-refractivity contribution is 5.78. The van der Waals surface area contributed by atoms with Gasteiger partial charge in [0, 0.05) is 13.6 Å². The summed E-state index contributed by atoms with van der Waals surface area (Å²) in [5, 5.41) is 8.63. The molecule has 0 aliphatic heterocycles. The van der Waals surface area contributed by atoms with E-state index < -0.39 is 5.97 Å². The van der Waals surface area contributed by atoms with Crippen molar-refractivity contribution in [1.82, 2.24) is 9.80 Å². The van der Waals surface area contributed by atoms with E-state index in [0.29, 0.717) is 5.92 Å². The molecule has 0 aromatic carbocycles. The molecule has 0 aromatic rings. The van der Waals surface area contributed by atoms with E-state index >= 15 is 0 Å². The highest BCUT2D eigenvalue weighted by Crippen LogP contribution is 2.24. The molecule has 0 saturated heterocycles. The zero-order valence-corrected chi connectivity index (χ0v) is 11.4. The van der Waals surface area contributed by atoms with Crippen LogP contribution in [0.3, 0.4) is 0 Å². The van der Waals surface area contributed by atoms with E-state index in [1.165, 1.54) is 37.0 Å². The lowest BCUT2D eigenvalue weighted by molar-refractivity contribution is -0.139. The van der Waals surface area contributed by atoms with Crippen molar-refractivity contribution < 1.29 is 14.7 Å². The van der Waals surface area contributed by atoms with Gasteiger partial charge in [-0.3, -0.25) is 14.5 Å². The van der Waals surface area contributed by atoms with Crippen molar-refractivity contribution >= 4 is 11.9 Å². The molecule has 1 amide bonds. The Morgan fingerprint density at radius 1 is 1.11 bits per heavy atom. The van der Waals surface area contributed by atoms with E-state index in [0.717, 1.165) is 6.54 Å². The normalized spacial score (nSPS) is 16.8. The molecule has 0 atom stereocenters. The third-order valence-corrected chi connectivity index (χ3v) is 3.49. The van der Waals surface area contributed by atoms with Gasteiger partial charge in [0.1, 0.15) is 0 Å². The second kappa shape index (κ2) is 7.36. The Bertz CT molecular complexity index is 288. The summed E-state index contributed by atoms with van der Waals surface area (Å²) in [5.41, 5.74) is 0. The number of hydrogen-bond donors (Lipinski definition) is 1. The quantitative estimate of drug-likeness (QED) is 0.771. The predicted octanol–water partition coefficient (Wildman–Crippen LogP) is 1.04. The van der Waals surface area contributed by atoms with Crippen LogP contribution >= 0.6 is 0 Å². The van der Waals surface area contributed by atoms with Gasteiger partial charge in [-0.25, -0.2) is 0 Å². The summed E-state index contributed by atoms with van der Waals surface area (Å²) in [6, 6.07) is 0. The minimum Gasteiger partial charge on any atom is -0.480 e. The van der Waals surface area contributed by atoms with Crippen LogP contribution in [0, 0.1) is 5.92 Å². The number of nitrogens with zero attached hydrogens (tertiary/aromatic N) is 2. The average Bonchev–Trinajstić information content (AvgIpc) is 2.28. The molecule has 1 N–H and O–H groups in total. The van der Waals surface area contributed by atoms with Gasteiger partial charge in [-0.15, -0.1) is 0 Å². The fourth-order valence-corrected chi connectivity index (χ4v) is 2.50. The van der Waals surface area contributed by atoms with Crippen LogP contribution in [0.5, 0.6) is 0 Å². The molecular formula is C13H24N2O3. The minimum absolute atomic E-state index is 0.00400. The van der Waals surface area contributed by atoms with Gasteiger partial charge >= 0.3 is 5.97 Å². The van der Waals surface area contributed by atoms with Crippen LogP contribution < -0.4 is 0 Å². The molecule has 0 aromatic heterocycles. The molecule has 0 spiro atoms. The molecule has 5 heteroatoms. The summed E-state index contributed by atoms with van der Waals surface area (Å²) >= 11 is 0. The van der Waals surface area contributed by atoms with Gasteiger partial charge in [0.15, 0.2) is 0 Å². The van der Waals surface area contributed by atoms with Crippen molar-refractivity contribution in [2.75, 3.05) is 33.7 Å². The van der Waals surface area contributed by atoms with Crippen molar-refractivity contribution in [3.63, 3.8) is 0 Å². The van der Waals surface area contributed by atoms with E-state index in [4.69, 9.17) is 5.11 Å². The molecule has 104 valence electrons. The van der Waals surface area contributed by atoms with E-state index in [-0.39, 0.29) is 19.0 Å². The molecule has 1 fully saturated rings. The number of carbonyl (C=O) groups excluding carboxylic acids is 1. The first-order valence-corrected chi connectivity index (χ1v) is 6.63. The number of rotatable bonds is 6. The Kier molecular flexibility index (Phi) is 6.12. The van der Waals surface area contributed by atoms with Crippen molar-refractivity contribution in [2.45, 2.75) is 32.1 Å². The molecule has 0 unspecified atom stereocenters. The number of likely N-dealkylation sites (N-methyl/N-ethyl adjacent to an activating group) is 2. The maximum atomic E-state index is 11.9. The highest BCUT2D eigenvalue weighted by atomic mass is 16.4. The Hall–Kier alpha value is -1.10. The molecule has 1 aliphatic carbocycles. The highest BCUT2D eigenvalue weighted by Gasteiger charge is 2.19. The number of carboxylic acid groups (broad SMARTS) is 1. The molecule has 0 heterocycles.